The molecule has 0 spiro atoms. The number of carbonyl (C=O) groups is 2. The lowest BCUT2D eigenvalue weighted by molar-refractivity contribution is -0.127. The average Bonchev–Trinajstić information content (AvgIpc) is 3.09. The third-order valence-corrected chi connectivity index (χ3v) is 4.83. The maximum Gasteiger partial charge on any atom is 0.246 e. The highest BCUT2D eigenvalue weighted by Gasteiger charge is 2.54. The number of carbonyl (C=O) groups excluding carboxylic acids is 2. The molecule has 5 nitrogen and oxygen atoms in total. The van der Waals surface area contributed by atoms with Gasteiger partial charge in [0.2, 0.25) is 11.8 Å². The fourth-order valence-electron chi connectivity index (χ4n) is 3.47. The summed E-state index contributed by atoms with van der Waals surface area (Å²) in [4.78, 5) is 24.6. The van der Waals surface area contributed by atoms with Gasteiger partial charge in [0, 0.05) is 11.6 Å². The first-order valence-corrected chi connectivity index (χ1v) is 8.18. The second-order valence-corrected chi connectivity index (χ2v) is 6.53. The van der Waals surface area contributed by atoms with E-state index < -0.39 is 12.0 Å². The van der Waals surface area contributed by atoms with Crippen molar-refractivity contribution in [3.8, 4) is 0 Å². The molecule has 3 atom stereocenters. The maximum atomic E-state index is 12.3. The molecular formula is C18H16ClN3O2. The number of hydrogen-bond donors (Lipinski definition) is 2. The molecule has 0 aliphatic carbocycles. The summed E-state index contributed by atoms with van der Waals surface area (Å²) < 4.78 is 0. The van der Waals surface area contributed by atoms with Crippen LogP contribution >= 0.6 is 11.6 Å². The molecule has 2 fully saturated rings. The van der Waals surface area contributed by atoms with E-state index in [9.17, 15) is 9.59 Å². The average molecular weight is 342 g/mol. The van der Waals surface area contributed by atoms with Gasteiger partial charge in [0.05, 0.1) is 12.0 Å². The van der Waals surface area contributed by atoms with E-state index in [1.807, 2.05) is 47.5 Å². The number of imide groups is 1. The third-order valence-electron chi connectivity index (χ3n) is 4.58. The Morgan fingerprint density at radius 2 is 1.67 bits per heavy atom. The standard InChI is InChI=1S/C18H16ClN3O2/c19-13-8-6-12(7-9-13)15-14-16(18(24)20-17(14)23)22(21-15)10-11-4-2-1-3-5-11/h1-9,14-16,21H,10H2,(H,20,23,24). The smallest absolute Gasteiger partial charge is 0.246 e. The number of benzene rings is 2. The lowest BCUT2D eigenvalue weighted by atomic mass is 9.91. The van der Waals surface area contributed by atoms with E-state index >= 15 is 0 Å². The molecule has 2 aromatic carbocycles. The zero-order valence-electron chi connectivity index (χ0n) is 12.8. The Balaban J connectivity index is 1.66. The van der Waals surface area contributed by atoms with Crippen LogP contribution in [-0.4, -0.2) is 22.9 Å². The number of hydrazine groups is 1. The highest BCUT2D eigenvalue weighted by atomic mass is 35.5. The molecule has 2 aliphatic heterocycles. The lowest BCUT2D eigenvalue weighted by Crippen LogP contribution is -2.43. The minimum atomic E-state index is -0.501. The molecule has 24 heavy (non-hydrogen) atoms. The van der Waals surface area contributed by atoms with E-state index in [1.165, 1.54) is 0 Å². The van der Waals surface area contributed by atoms with E-state index in [-0.39, 0.29) is 17.9 Å². The van der Waals surface area contributed by atoms with Gasteiger partial charge in [-0.05, 0) is 23.3 Å². The molecule has 0 saturated carbocycles. The van der Waals surface area contributed by atoms with Crippen LogP contribution in [-0.2, 0) is 16.1 Å². The number of nitrogens with zero attached hydrogens (tertiary/aromatic N) is 1. The van der Waals surface area contributed by atoms with E-state index in [2.05, 4.69) is 10.7 Å². The highest BCUT2D eigenvalue weighted by Crippen LogP contribution is 2.37. The number of hydrogen-bond acceptors (Lipinski definition) is 4. The zero-order valence-corrected chi connectivity index (χ0v) is 13.5. The van der Waals surface area contributed by atoms with Crippen molar-refractivity contribution in [2.75, 3.05) is 0 Å². The minimum absolute atomic E-state index is 0.229. The fourth-order valence-corrected chi connectivity index (χ4v) is 3.60. The summed E-state index contributed by atoms with van der Waals surface area (Å²) in [7, 11) is 0. The molecule has 0 bridgehead atoms. The lowest BCUT2D eigenvalue weighted by Gasteiger charge is -2.22. The van der Waals surface area contributed by atoms with E-state index in [0.29, 0.717) is 11.6 Å². The van der Waals surface area contributed by atoms with Crippen molar-refractivity contribution < 1.29 is 9.59 Å². The van der Waals surface area contributed by atoms with Crippen LogP contribution in [0.2, 0.25) is 5.02 Å². The number of fused-ring (bicyclic) bond motifs is 1. The van der Waals surface area contributed by atoms with Gasteiger partial charge in [0.25, 0.3) is 0 Å². The maximum absolute atomic E-state index is 12.3. The van der Waals surface area contributed by atoms with Gasteiger partial charge >= 0.3 is 0 Å². The molecule has 2 aromatic rings. The highest BCUT2D eigenvalue weighted by molar-refractivity contribution is 6.30. The van der Waals surface area contributed by atoms with Crippen LogP contribution in [0.25, 0.3) is 0 Å². The van der Waals surface area contributed by atoms with Crippen molar-refractivity contribution in [1.29, 1.82) is 0 Å². The predicted molar refractivity (Wildman–Crippen MR) is 89.7 cm³/mol. The van der Waals surface area contributed by atoms with Gasteiger partial charge in [-0.15, -0.1) is 0 Å². The zero-order chi connectivity index (χ0) is 16.7. The van der Waals surface area contributed by atoms with Crippen LogP contribution in [0.1, 0.15) is 17.2 Å². The third kappa shape index (κ3) is 2.60. The monoisotopic (exact) mass is 341 g/mol. The van der Waals surface area contributed by atoms with Gasteiger partial charge in [0.1, 0.15) is 6.04 Å². The van der Waals surface area contributed by atoms with E-state index in [4.69, 9.17) is 11.6 Å². The molecule has 0 radical (unpaired) electrons. The fraction of sp³-hybridized carbons (Fsp3) is 0.222. The van der Waals surface area contributed by atoms with Crippen LogP contribution in [0.5, 0.6) is 0 Å². The number of halogens is 1. The van der Waals surface area contributed by atoms with E-state index in [0.717, 1.165) is 11.1 Å². The van der Waals surface area contributed by atoms with Crippen molar-refractivity contribution in [1.82, 2.24) is 15.8 Å². The normalized spacial score (nSPS) is 26.5. The summed E-state index contributed by atoms with van der Waals surface area (Å²) in [6.07, 6.45) is 0. The van der Waals surface area contributed by atoms with E-state index in [1.54, 1.807) is 12.1 Å². The first-order valence-electron chi connectivity index (χ1n) is 7.80. The quantitative estimate of drug-likeness (QED) is 0.839. The van der Waals surface area contributed by atoms with Gasteiger partial charge in [-0.2, -0.15) is 0 Å². The second-order valence-electron chi connectivity index (χ2n) is 6.10. The van der Waals surface area contributed by atoms with Crippen LogP contribution in [0.4, 0.5) is 0 Å². The Labute approximate surface area is 144 Å². The molecule has 4 rings (SSSR count). The van der Waals surface area contributed by atoms with Crippen LogP contribution < -0.4 is 10.7 Å². The number of amides is 2. The summed E-state index contributed by atoms with van der Waals surface area (Å²) in [6, 6.07) is 16.5. The molecule has 6 heteroatoms. The van der Waals surface area contributed by atoms with Crippen molar-refractivity contribution in [3.63, 3.8) is 0 Å². The Hall–Kier alpha value is -2.21. The summed E-state index contributed by atoms with van der Waals surface area (Å²) >= 11 is 5.95. The second kappa shape index (κ2) is 6.02. The van der Waals surface area contributed by atoms with Crippen LogP contribution in [0.15, 0.2) is 54.6 Å². The molecule has 2 aliphatic rings. The number of nitrogens with one attached hydrogen (secondary N) is 2. The predicted octanol–water partition coefficient (Wildman–Crippen LogP) is 2.04. The van der Waals surface area contributed by atoms with Gasteiger partial charge in [-0.25, -0.2) is 10.4 Å². The Bertz CT molecular complexity index is 779. The molecule has 3 unspecified atom stereocenters. The van der Waals surface area contributed by atoms with Gasteiger partial charge in [0.15, 0.2) is 0 Å². The topological polar surface area (TPSA) is 61.4 Å². The van der Waals surface area contributed by atoms with Gasteiger partial charge in [-0.3, -0.25) is 14.9 Å². The largest absolute Gasteiger partial charge is 0.295 e. The number of rotatable bonds is 3. The Kier molecular flexibility index (Phi) is 3.84. The molecular weight excluding hydrogens is 326 g/mol. The van der Waals surface area contributed by atoms with Gasteiger partial charge in [-0.1, -0.05) is 54.1 Å². The first-order chi connectivity index (χ1) is 11.6. The molecule has 2 N–H and O–H groups in total. The van der Waals surface area contributed by atoms with Crippen LogP contribution in [0, 0.1) is 5.92 Å². The van der Waals surface area contributed by atoms with Crippen molar-refractivity contribution in [2.24, 2.45) is 5.92 Å². The molecule has 2 saturated heterocycles. The SMILES string of the molecule is O=C1NC(=O)C2C1C(c1ccc(Cl)cc1)NN2Cc1ccccc1. The van der Waals surface area contributed by atoms with Crippen LogP contribution in [0.3, 0.4) is 0 Å². The van der Waals surface area contributed by atoms with Crippen molar-refractivity contribution >= 4 is 23.4 Å². The molecule has 0 aromatic heterocycles. The van der Waals surface area contributed by atoms with Gasteiger partial charge < -0.3 is 0 Å². The summed E-state index contributed by atoms with van der Waals surface area (Å²) in [5.74, 6) is -0.916. The molecule has 2 amide bonds. The molecule has 2 heterocycles. The summed E-state index contributed by atoms with van der Waals surface area (Å²) in [5.41, 5.74) is 5.36. The summed E-state index contributed by atoms with van der Waals surface area (Å²) in [5, 5.41) is 4.96. The Morgan fingerprint density at radius 1 is 0.958 bits per heavy atom. The first kappa shape index (κ1) is 15.3. The summed E-state index contributed by atoms with van der Waals surface area (Å²) in [6.45, 7) is 0.548. The van der Waals surface area contributed by atoms with Crippen molar-refractivity contribution in [3.05, 3.63) is 70.7 Å². The Morgan fingerprint density at radius 3 is 2.38 bits per heavy atom. The minimum Gasteiger partial charge on any atom is -0.295 e. The molecule has 122 valence electrons. The van der Waals surface area contributed by atoms with Crippen molar-refractivity contribution in [2.45, 2.75) is 18.6 Å².